The van der Waals surface area contributed by atoms with Crippen LogP contribution < -0.4 is 5.32 Å². The van der Waals surface area contributed by atoms with Crippen LogP contribution in [0.5, 0.6) is 0 Å². The number of sulfone groups is 1. The van der Waals surface area contributed by atoms with E-state index in [4.69, 9.17) is 5.11 Å². The maximum atomic E-state index is 13.2. The van der Waals surface area contributed by atoms with Crippen LogP contribution in [0.25, 0.3) is 0 Å². The molecule has 0 saturated heterocycles. The van der Waals surface area contributed by atoms with Crippen molar-refractivity contribution in [2.45, 2.75) is 0 Å². The van der Waals surface area contributed by atoms with E-state index in [0.717, 1.165) is 23.3 Å². The molecule has 0 saturated carbocycles. The number of aromatic carboxylic acids is 1. The van der Waals surface area contributed by atoms with E-state index in [-0.39, 0.29) is 18.0 Å². The number of amides is 2. The van der Waals surface area contributed by atoms with Gasteiger partial charge < -0.3 is 15.3 Å². The van der Waals surface area contributed by atoms with Crippen LogP contribution in [-0.4, -0.2) is 56.0 Å². The Morgan fingerprint density at radius 2 is 2.00 bits per heavy atom. The smallest absolute Gasteiger partial charge is 0.338 e. The van der Waals surface area contributed by atoms with Gasteiger partial charge in [0.2, 0.25) is 0 Å². The van der Waals surface area contributed by atoms with Crippen molar-refractivity contribution in [2.24, 2.45) is 0 Å². The highest BCUT2D eigenvalue weighted by atomic mass is 32.2. The summed E-state index contributed by atoms with van der Waals surface area (Å²) in [4.78, 5) is 23.7. The second-order valence-corrected chi connectivity index (χ2v) is 6.74. The molecule has 0 spiro atoms. The van der Waals surface area contributed by atoms with Crippen molar-refractivity contribution in [3.05, 3.63) is 29.6 Å². The summed E-state index contributed by atoms with van der Waals surface area (Å²) in [5, 5.41) is 11.1. The molecule has 2 amide bonds. The van der Waals surface area contributed by atoms with Gasteiger partial charge in [0.15, 0.2) is 0 Å². The fraction of sp³-hybridized carbons (Fsp3) is 0.333. The first-order valence-electron chi connectivity index (χ1n) is 5.83. The molecule has 0 aliphatic heterocycles. The molecule has 0 aliphatic carbocycles. The van der Waals surface area contributed by atoms with Crippen molar-refractivity contribution in [1.82, 2.24) is 4.90 Å². The minimum absolute atomic E-state index is 0.0162. The van der Waals surface area contributed by atoms with Gasteiger partial charge in [-0.1, -0.05) is 0 Å². The molecule has 9 heteroatoms. The van der Waals surface area contributed by atoms with Gasteiger partial charge in [0.25, 0.3) is 0 Å². The summed E-state index contributed by atoms with van der Waals surface area (Å²) in [6.07, 6.45) is 1.05. The molecule has 116 valence electrons. The first-order chi connectivity index (χ1) is 9.60. The van der Waals surface area contributed by atoms with Crippen molar-refractivity contribution in [3.8, 4) is 0 Å². The molecule has 1 rings (SSSR count). The lowest BCUT2D eigenvalue weighted by Gasteiger charge is -2.17. The first kappa shape index (κ1) is 16.9. The van der Waals surface area contributed by atoms with E-state index in [2.05, 4.69) is 5.32 Å². The quantitative estimate of drug-likeness (QED) is 0.844. The van der Waals surface area contributed by atoms with Crippen molar-refractivity contribution >= 4 is 27.5 Å². The average molecular weight is 318 g/mol. The molecule has 0 atom stereocenters. The normalized spacial score (nSPS) is 11.0. The average Bonchev–Trinajstić information content (AvgIpc) is 2.36. The van der Waals surface area contributed by atoms with Crippen LogP contribution >= 0.6 is 0 Å². The Bertz CT molecular complexity index is 660. The Kier molecular flexibility index (Phi) is 5.25. The molecule has 0 radical (unpaired) electrons. The number of carbonyl (C=O) groups excluding carboxylic acids is 1. The van der Waals surface area contributed by atoms with Crippen molar-refractivity contribution in [1.29, 1.82) is 0 Å². The molecule has 0 aliphatic rings. The summed E-state index contributed by atoms with van der Waals surface area (Å²) < 4.78 is 35.2. The summed E-state index contributed by atoms with van der Waals surface area (Å²) >= 11 is 0. The minimum Gasteiger partial charge on any atom is -0.478 e. The fourth-order valence-corrected chi connectivity index (χ4v) is 2.00. The lowest BCUT2D eigenvalue weighted by atomic mass is 10.2. The van der Waals surface area contributed by atoms with Crippen LogP contribution in [0, 0.1) is 5.82 Å². The Morgan fingerprint density at radius 1 is 1.38 bits per heavy atom. The number of carbonyl (C=O) groups is 2. The van der Waals surface area contributed by atoms with Crippen LogP contribution in [0.3, 0.4) is 0 Å². The van der Waals surface area contributed by atoms with Crippen molar-refractivity contribution in [2.75, 3.05) is 30.9 Å². The molecule has 1 aromatic rings. The highest BCUT2D eigenvalue weighted by Crippen LogP contribution is 2.15. The Hall–Kier alpha value is -2.16. The number of halogens is 1. The Balaban J connectivity index is 2.75. The predicted molar refractivity (Wildman–Crippen MR) is 74.7 cm³/mol. The number of hydrogen-bond donors (Lipinski definition) is 2. The molecular weight excluding hydrogens is 303 g/mol. The van der Waals surface area contributed by atoms with E-state index < -0.39 is 33.2 Å². The van der Waals surface area contributed by atoms with Gasteiger partial charge in [-0.2, -0.15) is 0 Å². The molecule has 21 heavy (non-hydrogen) atoms. The van der Waals surface area contributed by atoms with Gasteiger partial charge in [-0.05, 0) is 18.2 Å². The van der Waals surface area contributed by atoms with Gasteiger partial charge in [0.1, 0.15) is 15.7 Å². The number of benzene rings is 1. The zero-order valence-corrected chi connectivity index (χ0v) is 12.3. The minimum atomic E-state index is -3.20. The monoisotopic (exact) mass is 318 g/mol. The fourth-order valence-electron chi connectivity index (χ4n) is 1.39. The standard InChI is InChI=1S/C12H15FN2O5S/c1-15(5-6-21(2,19)20)12(18)14-8-3-4-10(13)9(7-8)11(16)17/h3-4,7H,5-6H2,1-2H3,(H,14,18)(H,16,17). The highest BCUT2D eigenvalue weighted by Gasteiger charge is 2.14. The summed E-state index contributed by atoms with van der Waals surface area (Å²) in [6, 6.07) is 2.50. The Morgan fingerprint density at radius 3 is 2.52 bits per heavy atom. The largest absolute Gasteiger partial charge is 0.478 e. The zero-order chi connectivity index (χ0) is 16.2. The van der Waals surface area contributed by atoms with Gasteiger partial charge in [0.05, 0.1) is 11.3 Å². The number of nitrogens with zero attached hydrogens (tertiary/aromatic N) is 1. The van der Waals surface area contributed by atoms with Crippen LogP contribution in [0.4, 0.5) is 14.9 Å². The first-order valence-corrected chi connectivity index (χ1v) is 7.89. The maximum Gasteiger partial charge on any atom is 0.338 e. The summed E-state index contributed by atoms with van der Waals surface area (Å²) in [6.45, 7) is -0.0162. The molecule has 0 bridgehead atoms. The second kappa shape index (κ2) is 6.53. The van der Waals surface area contributed by atoms with Gasteiger partial charge >= 0.3 is 12.0 Å². The van der Waals surface area contributed by atoms with Gasteiger partial charge in [-0.3, -0.25) is 0 Å². The maximum absolute atomic E-state index is 13.2. The summed E-state index contributed by atoms with van der Waals surface area (Å²) in [5.74, 6) is -2.55. The highest BCUT2D eigenvalue weighted by molar-refractivity contribution is 7.90. The molecule has 0 unspecified atom stereocenters. The molecule has 0 fully saturated rings. The molecule has 7 nitrogen and oxygen atoms in total. The lowest BCUT2D eigenvalue weighted by Crippen LogP contribution is -2.34. The summed E-state index contributed by atoms with van der Waals surface area (Å²) in [7, 11) is -1.81. The summed E-state index contributed by atoms with van der Waals surface area (Å²) in [5.41, 5.74) is -0.461. The topological polar surface area (TPSA) is 104 Å². The third-order valence-corrected chi connectivity index (χ3v) is 3.52. The third-order valence-electron chi connectivity index (χ3n) is 2.59. The van der Waals surface area contributed by atoms with Crippen LogP contribution in [0.15, 0.2) is 18.2 Å². The lowest BCUT2D eigenvalue weighted by molar-refractivity contribution is 0.0692. The number of carboxylic acid groups (broad SMARTS) is 1. The third kappa shape index (κ3) is 5.38. The predicted octanol–water partition coefficient (Wildman–Crippen LogP) is 1.03. The van der Waals surface area contributed by atoms with E-state index in [1.165, 1.54) is 13.1 Å². The number of nitrogens with one attached hydrogen (secondary N) is 1. The van der Waals surface area contributed by atoms with E-state index in [9.17, 15) is 22.4 Å². The molecule has 2 N–H and O–H groups in total. The van der Waals surface area contributed by atoms with E-state index in [1.54, 1.807) is 0 Å². The van der Waals surface area contributed by atoms with E-state index in [0.29, 0.717) is 0 Å². The molecular formula is C12H15FN2O5S. The van der Waals surface area contributed by atoms with Crippen molar-refractivity contribution < 1.29 is 27.5 Å². The molecule has 0 aromatic heterocycles. The van der Waals surface area contributed by atoms with Crippen molar-refractivity contribution in [3.63, 3.8) is 0 Å². The Labute approximate surface area is 121 Å². The van der Waals surface area contributed by atoms with Crippen LogP contribution in [0.1, 0.15) is 10.4 Å². The van der Waals surface area contributed by atoms with E-state index in [1.807, 2.05) is 0 Å². The SMILES string of the molecule is CN(CCS(C)(=O)=O)C(=O)Nc1ccc(F)c(C(=O)O)c1. The van der Waals surface area contributed by atoms with Gasteiger partial charge in [0, 0.05) is 25.5 Å². The van der Waals surface area contributed by atoms with E-state index >= 15 is 0 Å². The number of anilines is 1. The number of rotatable bonds is 5. The number of carboxylic acids is 1. The second-order valence-electron chi connectivity index (χ2n) is 4.48. The van der Waals surface area contributed by atoms with Gasteiger partial charge in [-0.15, -0.1) is 0 Å². The number of urea groups is 1. The zero-order valence-electron chi connectivity index (χ0n) is 11.5. The van der Waals surface area contributed by atoms with Crippen LogP contribution in [-0.2, 0) is 9.84 Å². The van der Waals surface area contributed by atoms with Crippen LogP contribution in [0.2, 0.25) is 0 Å². The molecule has 1 aromatic carbocycles. The molecule has 0 heterocycles. The number of hydrogen-bond acceptors (Lipinski definition) is 4. The van der Waals surface area contributed by atoms with Gasteiger partial charge in [-0.25, -0.2) is 22.4 Å².